The minimum atomic E-state index is -0.484. The molecule has 0 spiro atoms. The van der Waals surface area contributed by atoms with E-state index >= 15 is 0 Å². The minimum absolute atomic E-state index is 0.294. The summed E-state index contributed by atoms with van der Waals surface area (Å²) in [6.45, 7) is 2.00. The van der Waals surface area contributed by atoms with E-state index in [1.54, 1.807) is 0 Å². The summed E-state index contributed by atoms with van der Waals surface area (Å²) in [7, 11) is 1.40. The molecule has 19 heavy (non-hydrogen) atoms. The molecule has 0 radical (unpaired) electrons. The zero-order chi connectivity index (χ0) is 13.8. The molecule has 100 valence electrons. The summed E-state index contributed by atoms with van der Waals surface area (Å²) >= 11 is 4.92. The smallest absolute Gasteiger partial charge is 0.333 e. The van der Waals surface area contributed by atoms with E-state index in [-0.39, 0.29) is 5.97 Å². The van der Waals surface area contributed by atoms with E-state index in [0.29, 0.717) is 0 Å². The molecule has 5 heteroatoms. The molecule has 0 fully saturated rings. The Labute approximate surface area is 124 Å². The summed E-state index contributed by atoms with van der Waals surface area (Å²) in [5.74, 6) is -0.294. The SMILES string of the molecule is COC(=O)C(Nc1ccccc1C)c1cc(Br)cs1. The highest BCUT2D eigenvalue weighted by Gasteiger charge is 2.23. The summed E-state index contributed by atoms with van der Waals surface area (Å²) in [6.07, 6.45) is 0. The summed E-state index contributed by atoms with van der Waals surface area (Å²) in [4.78, 5) is 12.9. The van der Waals surface area contributed by atoms with Gasteiger partial charge in [-0.15, -0.1) is 11.3 Å². The Bertz CT molecular complexity index is 582. The van der Waals surface area contributed by atoms with Crippen LogP contribution in [0, 0.1) is 6.92 Å². The Morgan fingerprint density at radius 3 is 2.74 bits per heavy atom. The minimum Gasteiger partial charge on any atom is -0.467 e. The van der Waals surface area contributed by atoms with Crippen molar-refractivity contribution < 1.29 is 9.53 Å². The maximum Gasteiger partial charge on any atom is 0.333 e. The lowest BCUT2D eigenvalue weighted by Crippen LogP contribution is -2.21. The molecule has 0 aliphatic heterocycles. The first kappa shape index (κ1) is 14.1. The molecule has 1 atom stereocenters. The van der Waals surface area contributed by atoms with Gasteiger partial charge in [-0.2, -0.15) is 0 Å². The number of ether oxygens (including phenoxy) is 1. The van der Waals surface area contributed by atoms with Crippen LogP contribution in [-0.4, -0.2) is 13.1 Å². The quantitative estimate of drug-likeness (QED) is 0.850. The number of methoxy groups -OCH3 is 1. The van der Waals surface area contributed by atoms with Gasteiger partial charge in [-0.25, -0.2) is 4.79 Å². The topological polar surface area (TPSA) is 38.3 Å². The average Bonchev–Trinajstić information content (AvgIpc) is 2.83. The summed E-state index contributed by atoms with van der Waals surface area (Å²) in [6, 6.07) is 9.30. The van der Waals surface area contributed by atoms with Gasteiger partial charge in [0.05, 0.1) is 7.11 Å². The van der Waals surface area contributed by atoms with Crippen LogP contribution < -0.4 is 5.32 Å². The van der Waals surface area contributed by atoms with Crippen LogP contribution in [0.4, 0.5) is 5.69 Å². The molecular weight excluding hydrogens is 326 g/mol. The molecule has 0 aliphatic carbocycles. The third kappa shape index (κ3) is 3.36. The van der Waals surface area contributed by atoms with Gasteiger partial charge in [-0.3, -0.25) is 0 Å². The zero-order valence-corrected chi connectivity index (χ0v) is 13.0. The van der Waals surface area contributed by atoms with Crippen LogP contribution >= 0.6 is 27.3 Å². The first-order valence-electron chi connectivity index (χ1n) is 5.75. The maximum absolute atomic E-state index is 11.9. The standard InChI is InChI=1S/C14H14BrNO2S/c1-9-5-3-4-6-11(9)16-13(14(17)18-2)12-7-10(15)8-19-12/h3-8,13,16H,1-2H3. The lowest BCUT2D eigenvalue weighted by molar-refractivity contribution is -0.141. The molecule has 2 rings (SSSR count). The van der Waals surface area contributed by atoms with Gasteiger partial charge in [0, 0.05) is 20.4 Å². The summed E-state index contributed by atoms with van der Waals surface area (Å²) in [5, 5.41) is 5.19. The van der Waals surface area contributed by atoms with Gasteiger partial charge in [0.1, 0.15) is 0 Å². The highest BCUT2D eigenvalue weighted by atomic mass is 79.9. The Morgan fingerprint density at radius 2 is 2.16 bits per heavy atom. The molecule has 1 heterocycles. The van der Waals surface area contributed by atoms with Crippen molar-refractivity contribution in [2.24, 2.45) is 0 Å². The van der Waals surface area contributed by atoms with E-state index in [4.69, 9.17) is 4.74 Å². The molecule has 0 saturated carbocycles. The number of hydrogen-bond donors (Lipinski definition) is 1. The molecule has 2 aromatic rings. The molecule has 0 bridgehead atoms. The zero-order valence-electron chi connectivity index (χ0n) is 10.6. The molecule has 1 aromatic carbocycles. The van der Waals surface area contributed by atoms with Crippen LogP contribution in [0.15, 0.2) is 40.2 Å². The summed E-state index contributed by atoms with van der Waals surface area (Å²) < 4.78 is 5.84. The van der Waals surface area contributed by atoms with Crippen molar-refractivity contribution in [3.63, 3.8) is 0 Å². The number of benzene rings is 1. The van der Waals surface area contributed by atoms with E-state index in [1.165, 1.54) is 18.4 Å². The van der Waals surface area contributed by atoms with Crippen LogP contribution in [-0.2, 0) is 9.53 Å². The number of carbonyl (C=O) groups excluding carboxylic acids is 1. The molecule has 3 nitrogen and oxygen atoms in total. The number of hydrogen-bond acceptors (Lipinski definition) is 4. The largest absolute Gasteiger partial charge is 0.467 e. The average molecular weight is 340 g/mol. The molecule has 0 saturated heterocycles. The van der Waals surface area contributed by atoms with Crippen molar-refractivity contribution in [1.82, 2.24) is 0 Å². The number of nitrogens with one attached hydrogen (secondary N) is 1. The van der Waals surface area contributed by atoms with E-state index in [0.717, 1.165) is 20.6 Å². The van der Waals surface area contributed by atoms with Crippen molar-refractivity contribution in [3.05, 3.63) is 50.6 Å². The monoisotopic (exact) mass is 339 g/mol. The lowest BCUT2D eigenvalue weighted by Gasteiger charge is -2.17. The fourth-order valence-electron chi connectivity index (χ4n) is 1.73. The Kier molecular flexibility index (Phi) is 4.61. The molecule has 0 amide bonds. The van der Waals surface area contributed by atoms with Gasteiger partial charge in [0.15, 0.2) is 6.04 Å². The Hall–Kier alpha value is -1.33. The van der Waals surface area contributed by atoms with Crippen molar-refractivity contribution in [3.8, 4) is 0 Å². The fraction of sp³-hybridized carbons (Fsp3) is 0.214. The molecule has 0 aliphatic rings. The third-order valence-electron chi connectivity index (χ3n) is 2.75. The van der Waals surface area contributed by atoms with E-state index < -0.39 is 6.04 Å². The molecule has 1 aromatic heterocycles. The Balaban J connectivity index is 2.29. The number of carbonyl (C=O) groups is 1. The van der Waals surface area contributed by atoms with Gasteiger partial charge in [0.25, 0.3) is 0 Å². The number of halogens is 1. The number of esters is 1. The van der Waals surface area contributed by atoms with Gasteiger partial charge in [-0.1, -0.05) is 18.2 Å². The normalized spacial score (nSPS) is 11.9. The number of rotatable bonds is 4. The highest BCUT2D eigenvalue weighted by Crippen LogP contribution is 2.30. The first-order chi connectivity index (χ1) is 9.11. The van der Waals surface area contributed by atoms with Crippen LogP contribution in [0.5, 0.6) is 0 Å². The van der Waals surface area contributed by atoms with Gasteiger partial charge < -0.3 is 10.1 Å². The third-order valence-corrected chi connectivity index (χ3v) is 4.51. The second-order valence-corrected chi connectivity index (χ2v) is 5.94. The van der Waals surface area contributed by atoms with Crippen LogP contribution in [0.2, 0.25) is 0 Å². The van der Waals surface area contributed by atoms with E-state index in [2.05, 4.69) is 21.2 Å². The van der Waals surface area contributed by atoms with Crippen molar-refractivity contribution in [1.29, 1.82) is 0 Å². The predicted molar refractivity (Wildman–Crippen MR) is 81.6 cm³/mol. The van der Waals surface area contributed by atoms with Crippen LogP contribution in [0.1, 0.15) is 16.5 Å². The van der Waals surface area contributed by atoms with Crippen LogP contribution in [0.25, 0.3) is 0 Å². The van der Waals surface area contributed by atoms with E-state index in [1.807, 2.05) is 42.6 Å². The number of anilines is 1. The number of para-hydroxylation sites is 1. The predicted octanol–water partition coefficient (Wildman–Crippen LogP) is 4.15. The van der Waals surface area contributed by atoms with Gasteiger partial charge >= 0.3 is 5.97 Å². The Morgan fingerprint density at radius 1 is 1.42 bits per heavy atom. The summed E-state index contributed by atoms with van der Waals surface area (Å²) in [5.41, 5.74) is 2.02. The second kappa shape index (κ2) is 6.21. The highest BCUT2D eigenvalue weighted by molar-refractivity contribution is 9.10. The number of thiophene rings is 1. The molecule has 1 unspecified atom stereocenters. The van der Waals surface area contributed by atoms with Crippen molar-refractivity contribution in [2.45, 2.75) is 13.0 Å². The molecular formula is C14H14BrNO2S. The maximum atomic E-state index is 11.9. The first-order valence-corrected chi connectivity index (χ1v) is 7.43. The fourth-order valence-corrected chi connectivity index (χ4v) is 3.22. The molecule has 1 N–H and O–H groups in total. The lowest BCUT2D eigenvalue weighted by atomic mass is 10.1. The number of aryl methyl sites for hydroxylation is 1. The van der Waals surface area contributed by atoms with E-state index in [9.17, 15) is 4.79 Å². The van der Waals surface area contributed by atoms with Crippen molar-refractivity contribution >= 4 is 38.9 Å². The van der Waals surface area contributed by atoms with Crippen LogP contribution in [0.3, 0.4) is 0 Å². The second-order valence-electron chi connectivity index (χ2n) is 4.08. The van der Waals surface area contributed by atoms with Gasteiger partial charge in [0.2, 0.25) is 0 Å². The van der Waals surface area contributed by atoms with Crippen molar-refractivity contribution in [2.75, 3.05) is 12.4 Å². The van der Waals surface area contributed by atoms with Gasteiger partial charge in [-0.05, 0) is 40.5 Å².